The van der Waals surface area contributed by atoms with Gasteiger partial charge in [-0.3, -0.25) is 4.79 Å². The smallest absolute Gasteiger partial charge is 0.201 e. The lowest BCUT2D eigenvalue weighted by Gasteiger charge is -2.29. The number of carbonyl (C=O) groups is 1. The van der Waals surface area contributed by atoms with Gasteiger partial charge in [0.1, 0.15) is 6.61 Å². The fraction of sp³-hybridized carbons (Fsp3) is 0.571. The molecule has 1 aliphatic carbocycles. The van der Waals surface area contributed by atoms with Gasteiger partial charge in [-0.2, -0.15) is 4.39 Å². The van der Waals surface area contributed by atoms with E-state index in [2.05, 4.69) is 13.5 Å². The average Bonchev–Trinajstić information content (AvgIpc) is 2.64. The molecule has 2 rings (SSSR count). The van der Waals surface area contributed by atoms with Gasteiger partial charge in [-0.1, -0.05) is 45.3 Å². The van der Waals surface area contributed by atoms with E-state index in [4.69, 9.17) is 4.74 Å². The Morgan fingerprint density at radius 2 is 1.92 bits per heavy atom. The standard InChI is InChI=1S/C21H28F2O2/c1-3-5-6-7-15-8-10-16(11-9-15)18-13-17(14-24)21(25-12-4-2)20(23)19(18)22/h4,13-16H,2-3,5-12H2,1H3. The lowest BCUT2D eigenvalue weighted by atomic mass is 9.76. The third kappa shape index (κ3) is 4.90. The van der Waals surface area contributed by atoms with E-state index in [0.29, 0.717) is 17.8 Å². The number of aldehydes is 1. The molecule has 0 aliphatic heterocycles. The first kappa shape index (κ1) is 19.6. The largest absolute Gasteiger partial charge is 0.486 e. The monoisotopic (exact) mass is 350 g/mol. The van der Waals surface area contributed by atoms with E-state index < -0.39 is 11.6 Å². The van der Waals surface area contributed by atoms with Crippen LogP contribution in [0.15, 0.2) is 18.7 Å². The van der Waals surface area contributed by atoms with Crippen molar-refractivity contribution in [1.82, 2.24) is 0 Å². The molecule has 0 amide bonds. The fourth-order valence-corrected chi connectivity index (χ4v) is 3.77. The molecule has 2 nitrogen and oxygen atoms in total. The Kier molecular flexibility index (Phi) is 7.60. The molecule has 1 aromatic carbocycles. The highest BCUT2D eigenvalue weighted by atomic mass is 19.2. The molecule has 0 aromatic heterocycles. The molecule has 1 aromatic rings. The quantitative estimate of drug-likeness (QED) is 0.301. The molecule has 0 N–H and O–H groups in total. The second-order valence-electron chi connectivity index (χ2n) is 6.94. The van der Waals surface area contributed by atoms with Gasteiger partial charge >= 0.3 is 0 Å². The highest BCUT2D eigenvalue weighted by Gasteiger charge is 2.28. The predicted octanol–water partition coefficient (Wildman–Crippen LogP) is 6.20. The zero-order valence-electron chi connectivity index (χ0n) is 15.0. The van der Waals surface area contributed by atoms with Crippen LogP contribution in [0.5, 0.6) is 5.75 Å². The summed E-state index contributed by atoms with van der Waals surface area (Å²) in [4.78, 5) is 11.3. The number of ether oxygens (including phenoxy) is 1. The van der Waals surface area contributed by atoms with Crippen molar-refractivity contribution in [2.75, 3.05) is 6.61 Å². The summed E-state index contributed by atoms with van der Waals surface area (Å²) in [6, 6.07) is 1.46. The van der Waals surface area contributed by atoms with Crippen LogP contribution in [0.4, 0.5) is 8.78 Å². The average molecular weight is 350 g/mol. The molecular formula is C21H28F2O2. The van der Waals surface area contributed by atoms with Crippen molar-refractivity contribution in [2.24, 2.45) is 5.92 Å². The van der Waals surface area contributed by atoms with Crippen molar-refractivity contribution >= 4 is 6.29 Å². The molecule has 0 saturated heterocycles. The molecule has 0 heterocycles. The number of rotatable bonds is 9. The molecule has 1 saturated carbocycles. The first-order chi connectivity index (χ1) is 12.1. The van der Waals surface area contributed by atoms with Crippen molar-refractivity contribution in [2.45, 2.75) is 64.2 Å². The van der Waals surface area contributed by atoms with Crippen LogP contribution in [0, 0.1) is 17.6 Å². The second kappa shape index (κ2) is 9.69. The van der Waals surface area contributed by atoms with Crippen LogP contribution in [0.2, 0.25) is 0 Å². The van der Waals surface area contributed by atoms with Crippen LogP contribution in [0.25, 0.3) is 0 Å². The maximum atomic E-state index is 14.5. The van der Waals surface area contributed by atoms with Crippen molar-refractivity contribution in [3.05, 3.63) is 41.5 Å². The summed E-state index contributed by atoms with van der Waals surface area (Å²) >= 11 is 0. The summed E-state index contributed by atoms with van der Waals surface area (Å²) in [5, 5.41) is 0. The minimum atomic E-state index is -1.06. The Bertz CT molecular complexity index is 590. The van der Waals surface area contributed by atoms with Crippen LogP contribution < -0.4 is 4.74 Å². The van der Waals surface area contributed by atoms with Crippen molar-refractivity contribution in [1.29, 1.82) is 0 Å². The molecule has 0 bridgehead atoms. The molecule has 0 spiro atoms. The Hall–Kier alpha value is -1.71. The lowest BCUT2D eigenvalue weighted by Crippen LogP contribution is -2.16. The van der Waals surface area contributed by atoms with Gasteiger partial charge in [0.2, 0.25) is 5.82 Å². The van der Waals surface area contributed by atoms with E-state index in [-0.39, 0.29) is 23.8 Å². The van der Waals surface area contributed by atoms with Gasteiger partial charge in [-0.25, -0.2) is 4.39 Å². The number of halogens is 2. The maximum Gasteiger partial charge on any atom is 0.201 e. The van der Waals surface area contributed by atoms with Crippen LogP contribution >= 0.6 is 0 Å². The number of unbranched alkanes of at least 4 members (excludes halogenated alkanes) is 2. The second-order valence-corrected chi connectivity index (χ2v) is 6.94. The topological polar surface area (TPSA) is 26.3 Å². The maximum absolute atomic E-state index is 14.5. The summed E-state index contributed by atoms with van der Waals surface area (Å²) in [7, 11) is 0. The molecule has 4 heteroatoms. The van der Waals surface area contributed by atoms with Crippen molar-refractivity contribution < 1.29 is 18.3 Å². The highest BCUT2D eigenvalue weighted by Crippen LogP contribution is 2.41. The minimum absolute atomic E-state index is 0.0240. The molecule has 1 aliphatic rings. The SMILES string of the molecule is C=CCOc1c(C=O)cc(C2CCC(CCCCC)CC2)c(F)c1F. The van der Waals surface area contributed by atoms with Gasteiger partial charge in [0.05, 0.1) is 5.56 Å². The van der Waals surface area contributed by atoms with Crippen LogP contribution in [-0.2, 0) is 0 Å². The summed E-state index contributed by atoms with van der Waals surface area (Å²) in [6.45, 7) is 5.70. The first-order valence-corrected chi connectivity index (χ1v) is 9.33. The number of benzene rings is 1. The Morgan fingerprint density at radius 3 is 2.52 bits per heavy atom. The van der Waals surface area contributed by atoms with Crippen molar-refractivity contribution in [3.63, 3.8) is 0 Å². The molecule has 0 unspecified atom stereocenters. The molecule has 0 atom stereocenters. The van der Waals surface area contributed by atoms with E-state index in [1.807, 2.05) is 0 Å². The normalized spacial score (nSPS) is 20.3. The van der Waals surface area contributed by atoms with Gasteiger partial charge in [0, 0.05) is 0 Å². The third-order valence-corrected chi connectivity index (χ3v) is 5.19. The summed E-state index contributed by atoms with van der Waals surface area (Å²) in [5.74, 6) is -1.59. The molecule has 25 heavy (non-hydrogen) atoms. The van der Waals surface area contributed by atoms with Gasteiger partial charge in [-0.05, 0) is 49.1 Å². The third-order valence-electron chi connectivity index (χ3n) is 5.19. The van der Waals surface area contributed by atoms with E-state index >= 15 is 0 Å². The van der Waals surface area contributed by atoms with Gasteiger partial charge in [-0.15, -0.1) is 0 Å². The van der Waals surface area contributed by atoms with Crippen LogP contribution in [-0.4, -0.2) is 12.9 Å². The Labute approximate surface area is 149 Å². The predicted molar refractivity (Wildman–Crippen MR) is 96.3 cm³/mol. The zero-order valence-corrected chi connectivity index (χ0v) is 15.0. The van der Waals surface area contributed by atoms with Gasteiger partial charge in [0.25, 0.3) is 0 Å². The van der Waals surface area contributed by atoms with Crippen molar-refractivity contribution in [3.8, 4) is 5.75 Å². The Balaban J connectivity index is 2.11. The molecule has 0 radical (unpaired) electrons. The number of hydrogen-bond acceptors (Lipinski definition) is 2. The molecular weight excluding hydrogens is 322 g/mol. The number of carbonyl (C=O) groups excluding carboxylic acids is 1. The summed E-state index contributed by atoms with van der Waals surface area (Å²) in [6.07, 6.45) is 10.7. The summed E-state index contributed by atoms with van der Waals surface area (Å²) in [5.41, 5.74) is 0.387. The first-order valence-electron chi connectivity index (χ1n) is 9.33. The zero-order chi connectivity index (χ0) is 18.2. The highest BCUT2D eigenvalue weighted by molar-refractivity contribution is 5.80. The van der Waals surface area contributed by atoms with E-state index in [9.17, 15) is 13.6 Å². The fourth-order valence-electron chi connectivity index (χ4n) is 3.77. The van der Waals surface area contributed by atoms with Gasteiger partial charge in [0.15, 0.2) is 17.9 Å². The molecule has 138 valence electrons. The lowest BCUT2D eigenvalue weighted by molar-refractivity contribution is 0.111. The van der Waals surface area contributed by atoms with E-state index in [1.165, 1.54) is 37.8 Å². The van der Waals surface area contributed by atoms with Crippen LogP contribution in [0.3, 0.4) is 0 Å². The summed E-state index contributed by atoms with van der Waals surface area (Å²) < 4.78 is 34.1. The number of hydrogen-bond donors (Lipinski definition) is 0. The van der Waals surface area contributed by atoms with Crippen LogP contribution in [0.1, 0.15) is 80.1 Å². The van der Waals surface area contributed by atoms with E-state index in [0.717, 1.165) is 25.7 Å². The van der Waals surface area contributed by atoms with E-state index in [1.54, 1.807) is 0 Å². The van der Waals surface area contributed by atoms with Gasteiger partial charge < -0.3 is 4.74 Å². The molecule has 1 fully saturated rings. The Morgan fingerprint density at radius 1 is 1.20 bits per heavy atom. The minimum Gasteiger partial charge on any atom is -0.486 e.